The van der Waals surface area contributed by atoms with E-state index in [1.54, 1.807) is 12.1 Å². The number of fused-ring (bicyclic) bond motifs is 1. The molecule has 25 heavy (non-hydrogen) atoms. The molecule has 2 saturated heterocycles. The number of benzene rings is 1. The standard InChI is InChI=1S/C19H26FN3O2/c1-21(2)10-11-23-17-8-9-22(16(17)6-7-18(23)24)19(25)13-14-4-3-5-15(20)12-14/h3-5,12,16-17H,6-11,13H2,1-2H3/t16-,17-/m1/s1. The Morgan fingerprint density at radius 1 is 1.28 bits per heavy atom. The molecule has 0 unspecified atom stereocenters. The van der Waals surface area contributed by atoms with Crippen LogP contribution in [0, 0.1) is 5.82 Å². The molecule has 1 aromatic carbocycles. The van der Waals surface area contributed by atoms with Crippen LogP contribution in [0.5, 0.6) is 0 Å². The lowest BCUT2D eigenvalue weighted by Crippen LogP contribution is -2.54. The molecular formula is C19H26FN3O2. The van der Waals surface area contributed by atoms with E-state index >= 15 is 0 Å². The van der Waals surface area contributed by atoms with Crippen LogP contribution < -0.4 is 0 Å². The maximum atomic E-state index is 13.3. The maximum absolute atomic E-state index is 13.3. The third-order valence-corrected chi connectivity index (χ3v) is 5.24. The van der Waals surface area contributed by atoms with Crippen molar-refractivity contribution in [1.82, 2.24) is 14.7 Å². The van der Waals surface area contributed by atoms with Crippen molar-refractivity contribution in [1.29, 1.82) is 0 Å². The van der Waals surface area contributed by atoms with Gasteiger partial charge in [-0.05, 0) is 44.6 Å². The van der Waals surface area contributed by atoms with Gasteiger partial charge in [-0.25, -0.2) is 4.39 Å². The third-order valence-electron chi connectivity index (χ3n) is 5.24. The summed E-state index contributed by atoms with van der Waals surface area (Å²) in [7, 11) is 3.99. The Bertz CT molecular complexity index is 649. The van der Waals surface area contributed by atoms with Gasteiger partial charge in [-0.2, -0.15) is 0 Å². The molecule has 2 heterocycles. The van der Waals surface area contributed by atoms with E-state index in [4.69, 9.17) is 0 Å². The van der Waals surface area contributed by atoms with Gasteiger partial charge >= 0.3 is 0 Å². The largest absolute Gasteiger partial charge is 0.337 e. The van der Waals surface area contributed by atoms with Gasteiger partial charge in [0.2, 0.25) is 11.8 Å². The molecule has 136 valence electrons. The molecule has 1 aromatic rings. The van der Waals surface area contributed by atoms with Crippen LogP contribution in [-0.2, 0) is 16.0 Å². The highest BCUT2D eigenvalue weighted by Crippen LogP contribution is 2.31. The number of likely N-dealkylation sites (N-methyl/N-ethyl adjacent to an activating group) is 1. The fourth-order valence-corrected chi connectivity index (χ4v) is 3.98. The van der Waals surface area contributed by atoms with E-state index in [-0.39, 0.29) is 36.1 Å². The molecule has 3 rings (SSSR count). The van der Waals surface area contributed by atoms with Gasteiger partial charge in [0.15, 0.2) is 0 Å². The lowest BCUT2D eigenvalue weighted by molar-refractivity contribution is -0.141. The molecule has 0 aliphatic carbocycles. The van der Waals surface area contributed by atoms with Gasteiger partial charge in [0.25, 0.3) is 0 Å². The highest BCUT2D eigenvalue weighted by Gasteiger charge is 2.44. The minimum Gasteiger partial charge on any atom is -0.337 e. The molecule has 2 fully saturated rings. The first-order valence-corrected chi connectivity index (χ1v) is 8.94. The van der Waals surface area contributed by atoms with Crippen molar-refractivity contribution < 1.29 is 14.0 Å². The molecule has 0 spiro atoms. The zero-order valence-electron chi connectivity index (χ0n) is 14.9. The SMILES string of the molecule is CN(C)CCN1C(=O)CC[C@@H]2[C@H]1CCN2C(=O)Cc1cccc(F)c1. The van der Waals surface area contributed by atoms with Crippen LogP contribution in [-0.4, -0.2) is 72.3 Å². The van der Waals surface area contributed by atoms with Gasteiger partial charge in [-0.3, -0.25) is 9.59 Å². The Morgan fingerprint density at radius 3 is 2.80 bits per heavy atom. The molecular weight excluding hydrogens is 321 g/mol. The van der Waals surface area contributed by atoms with Crippen LogP contribution in [0.15, 0.2) is 24.3 Å². The summed E-state index contributed by atoms with van der Waals surface area (Å²) in [5.74, 6) is -0.0924. The monoisotopic (exact) mass is 347 g/mol. The average Bonchev–Trinajstić information content (AvgIpc) is 2.98. The van der Waals surface area contributed by atoms with E-state index < -0.39 is 0 Å². The van der Waals surface area contributed by atoms with E-state index in [1.165, 1.54) is 12.1 Å². The highest BCUT2D eigenvalue weighted by atomic mass is 19.1. The van der Waals surface area contributed by atoms with Crippen LogP contribution in [0.1, 0.15) is 24.8 Å². The first-order valence-electron chi connectivity index (χ1n) is 8.94. The number of carbonyl (C=O) groups is 2. The quantitative estimate of drug-likeness (QED) is 0.811. The number of amides is 2. The second kappa shape index (κ2) is 7.52. The lowest BCUT2D eigenvalue weighted by atomic mass is 9.96. The van der Waals surface area contributed by atoms with Crippen molar-refractivity contribution in [3.8, 4) is 0 Å². The summed E-state index contributed by atoms with van der Waals surface area (Å²) >= 11 is 0. The predicted molar refractivity (Wildman–Crippen MR) is 93.5 cm³/mol. The van der Waals surface area contributed by atoms with Crippen molar-refractivity contribution in [2.45, 2.75) is 37.8 Å². The molecule has 5 nitrogen and oxygen atoms in total. The third kappa shape index (κ3) is 4.00. The van der Waals surface area contributed by atoms with Crippen molar-refractivity contribution >= 4 is 11.8 Å². The Balaban J connectivity index is 1.67. The fourth-order valence-electron chi connectivity index (χ4n) is 3.98. The molecule has 2 atom stereocenters. The Hall–Kier alpha value is -1.95. The number of hydrogen-bond acceptors (Lipinski definition) is 3. The van der Waals surface area contributed by atoms with Crippen LogP contribution in [0.3, 0.4) is 0 Å². The van der Waals surface area contributed by atoms with Crippen LogP contribution >= 0.6 is 0 Å². The Labute approximate surface area is 148 Å². The second-order valence-corrected chi connectivity index (χ2v) is 7.25. The molecule has 0 aromatic heterocycles. The zero-order chi connectivity index (χ0) is 18.0. The summed E-state index contributed by atoms with van der Waals surface area (Å²) in [6.45, 7) is 2.21. The molecule has 0 radical (unpaired) electrons. The number of rotatable bonds is 5. The lowest BCUT2D eigenvalue weighted by Gasteiger charge is -2.40. The first kappa shape index (κ1) is 17.9. The van der Waals surface area contributed by atoms with Crippen LogP contribution in [0.25, 0.3) is 0 Å². The van der Waals surface area contributed by atoms with Crippen molar-refractivity contribution in [3.63, 3.8) is 0 Å². The summed E-state index contributed by atoms with van der Waals surface area (Å²) in [6, 6.07) is 6.43. The minimum absolute atomic E-state index is 0.0278. The van der Waals surface area contributed by atoms with Crippen molar-refractivity contribution in [2.24, 2.45) is 0 Å². The number of piperidine rings is 1. The zero-order valence-corrected chi connectivity index (χ0v) is 14.9. The number of carbonyl (C=O) groups excluding carboxylic acids is 2. The van der Waals surface area contributed by atoms with Crippen molar-refractivity contribution in [3.05, 3.63) is 35.6 Å². The molecule has 0 saturated carbocycles. The molecule has 2 aliphatic heterocycles. The average molecular weight is 347 g/mol. The smallest absolute Gasteiger partial charge is 0.227 e. The summed E-state index contributed by atoms with van der Waals surface area (Å²) in [4.78, 5) is 31.0. The highest BCUT2D eigenvalue weighted by molar-refractivity contribution is 5.81. The molecule has 0 bridgehead atoms. The second-order valence-electron chi connectivity index (χ2n) is 7.25. The van der Waals surface area contributed by atoms with E-state index in [0.29, 0.717) is 25.1 Å². The molecule has 2 amide bonds. The van der Waals surface area contributed by atoms with Gasteiger partial charge in [-0.1, -0.05) is 12.1 Å². The number of likely N-dealkylation sites (tertiary alicyclic amines) is 2. The summed E-state index contributed by atoms with van der Waals surface area (Å²) < 4.78 is 13.3. The summed E-state index contributed by atoms with van der Waals surface area (Å²) in [6.07, 6.45) is 2.28. The van der Waals surface area contributed by atoms with Gasteiger partial charge < -0.3 is 14.7 Å². The molecule has 0 N–H and O–H groups in total. The van der Waals surface area contributed by atoms with Gasteiger partial charge in [0.1, 0.15) is 5.82 Å². The normalized spacial score (nSPS) is 23.3. The van der Waals surface area contributed by atoms with E-state index in [0.717, 1.165) is 19.4 Å². The van der Waals surface area contributed by atoms with E-state index in [1.807, 2.05) is 23.9 Å². The van der Waals surface area contributed by atoms with Crippen molar-refractivity contribution in [2.75, 3.05) is 33.7 Å². The van der Waals surface area contributed by atoms with Gasteiger partial charge in [0, 0.05) is 26.1 Å². The van der Waals surface area contributed by atoms with Gasteiger partial charge in [0.05, 0.1) is 18.5 Å². The van der Waals surface area contributed by atoms with E-state index in [2.05, 4.69) is 4.90 Å². The first-order chi connectivity index (χ1) is 12.0. The molecule has 6 heteroatoms. The van der Waals surface area contributed by atoms with Gasteiger partial charge in [-0.15, -0.1) is 0 Å². The Kier molecular flexibility index (Phi) is 5.37. The van der Waals surface area contributed by atoms with E-state index in [9.17, 15) is 14.0 Å². The Morgan fingerprint density at radius 2 is 2.08 bits per heavy atom. The topological polar surface area (TPSA) is 43.9 Å². The number of hydrogen-bond donors (Lipinski definition) is 0. The number of halogens is 1. The fraction of sp³-hybridized carbons (Fsp3) is 0.579. The van der Waals surface area contributed by atoms with Crippen LogP contribution in [0.4, 0.5) is 4.39 Å². The minimum atomic E-state index is -0.317. The summed E-state index contributed by atoms with van der Waals surface area (Å²) in [5, 5.41) is 0. The number of nitrogens with zero attached hydrogens (tertiary/aromatic N) is 3. The van der Waals surface area contributed by atoms with Crippen LogP contribution in [0.2, 0.25) is 0 Å². The summed E-state index contributed by atoms with van der Waals surface area (Å²) in [5.41, 5.74) is 0.699. The molecule has 2 aliphatic rings. The maximum Gasteiger partial charge on any atom is 0.227 e. The predicted octanol–water partition coefficient (Wildman–Crippen LogP) is 1.52.